The van der Waals surface area contributed by atoms with Crippen molar-refractivity contribution in [2.24, 2.45) is 0 Å². The van der Waals surface area contributed by atoms with Crippen molar-refractivity contribution in [1.29, 1.82) is 0 Å². The number of fused-ring (bicyclic) bond motifs is 1. The molecule has 25 heavy (non-hydrogen) atoms. The van der Waals surface area contributed by atoms with E-state index in [1.54, 1.807) is 24.3 Å². The summed E-state index contributed by atoms with van der Waals surface area (Å²) in [4.78, 5) is 21.2. The van der Waals surface area contributed by atoms with Gasteiger partial charge >= 0.3 is 0 Å². The highest BCUT2D eigenvalue weighted by molar-refractivity contribution is 5.77. The number of hydrogen-bond donors (Lipinski definition) is 2. The lowest BCUT2D eigenvalue weighted by atomic mass is 10.1. The molecule has 5 nitrogen and oxygen atoms in total. The second kappa shape index (κ2) is 7.32. The summed E-state index contributed by atoms with van der Waals surface area (Å²) in [6, 6.07) is 15.2. The number of rotatable bonds is 5. The lowest BCUT2D eigenvalue weighted by molar-refractivity contribution is 0.222. The molecule has 128 valence electrons. The molecule has 5 heteroatoms. The Morgan fingerprint density at radius 3 is 2.60 bits per heavy atom. The van der Waals surface area contributed by atoms with Crippen molar-refractivity contribution in [3.63, 3.8) is 0 Å². The van der Waals surface area contributed by atoms with Crippen molar-refractivity contribution in [1.82, 2.24) is 9.97 Å². The number of aliphatic hydroxyl groups is 1. The standard InChI is InChI=1S/C20H21N3O2/c1-23(2)15-10-7-14(8-11-15)9-12-16(24)13-19-21-18-6-4-3-5-17(18)20(25)22-19/h3-12,16,24H,13H2,1-2H3,(H,21,22,25)/b12-9+. The first kappa shape index (κ1) is 16.9. The number of aliphatic hydroxyl groups excluding tert-OH is 1. The molecule has 1 aromatic heterocycles. The first-order valence-corrected chi connectivity index (χ1v) is 8.14. The second-order valence-electron chi connectivity index (χ2n) is 6.15. The normalized spacial score (nSPS) is 12.6. The van der Waals surface area contributed by atoms with Crippen LogP contribution in [0.1, 0.15) is 11.4 Å². The smallest absolute Gasteiger partial charge is 0.258 e. The summed E-state index contributed by atoms with van der Waals surface area (Å²) in [5.41, 5.74) is 2.58. The van der Waals surface area contributed by atoms with Crippen molar-refractivity contribution in [3.05, 3.63) is 76.3 Å². The van der Waals surface area contributed by atoms with Crippen LogP contribution in [0.3, 0.4) is 0 Å². The van der Waals surface area contributed by atoms with Crippen LogP contribution in [0.5, 0.6) is 0 Å². The summed E-state index contributed by atoms with van der Waals surface area (Å²) in [6.45, 7) is 0. The van der Waals surface area contributed by atoms with Gasteiger partial charge in [-0.15, -0.1) is 0 Å². The van der Waals surface area contributed by atoms with Gasteiger partial charge in [0.05, 0.1) is 17.0 Å². The molecule has 1 heterocycles. The Labute approximate surface area is 146 Å². The summed E-state index contributed by atoms with van der Waals surface area (Å²) in [5, 5.41) is 10.8. The van der Waals surface area contributed by atoms with Gasteiger partial charge in [0.15, 0.2) is 0 Å². The average Bonchev–Trinajstić information content (AvgIpc) is 2.60. The Balaban J connectivity index is 1.71. The van der Waals surface area contributed by atoms with Crippen LogP contribution < -0.4 is 10.5 Å². The monoisotopic (exact) mass is 335 g/mol. The van der Waals surface area contributed by atoms with E-state index in [1.807, 2.05) is 55.4 Å². The minimum absolute atomic E-state index is 0.184. The largest absolute Gasteiger partial charge is 0.389 e. The van der Waals surface area contributed by atoms with Gasteiger partial charge < -0.3 is 15.0 Å². The maximum absolute atomic E-state index is 12.0. The number of para-hydroxylation sites is 1. The number of aromatic amines is 1. The molecule has 3 aromatic rings. The molecule has 0 radical (unpaired) electrons. The first-order valence-electron chi connectivity index (χ1n) is 8.14. The lowest BCUT2D eigenvalue weighted by Gasteiger charge is -2.12. The maximum atomic E-state index is 12.0. The molecular weight excluding hydrogens is 314 g/mol. The summed E-state index contributed by atoms with van der Waals surface area (Å²) in [7, 11) is 3.98. The topological polar surface area (TPSA) is 69.2 Å². The fraction of sp³-hybridized carbons (Fsp3) is 0.200. The van der Waals surface area contributed by atoms with Gasteiger partial charge in [0, 0.05) is 26.2 Å². The van der Waals surface area contributed by atoms with Crippen LogP contribution in [-0.4, -0.2) is 35.3 Å². The third kappa shape index (κ3) is 4.14. The SMILES string of the molecule is CN(C)c1ccc(/C=C/C(O)Cc2nc3ccccc3c(=O)[nH]2)cc1. The highest BCUT2D eigenvalue weighted by Gasteiger charge is 2.07. The predicted octanol–water partition coefficient (Wildman–Crippen LogP) is 2.61. The van der Waals surface area contributed by atoms with Gasteiger partial charge in [0.1, 0.15) is 5.82 Å². The number of nitrogens with one attached hydrogen (secondary N) is 1. The molecule has 0 amide bonds. The van der Waals surface area contributed by atoms with Crippen molar-refractivity contribution >= 4 is 22.7 Å². The molecule has 0 aliphatic rings. The van der Waals surface area contributed by atoms with Crippen LogP contribution in [0.25, 0.3) is 17.0 Å². The van der Waals surface area contributed by atoms with E-state index in [4.69, 9.17) is 0 Å². The molecule has 3 rings (SSSR count). The molecule has 0 spiro atoms. The lowest BCUT2D eigenvalue weighted by Crippen LogP contribution is -2.16. The number of H-pyrrole nitrogens is 1. The maximum Gasteiger partial charge on any atom is 0.258 e. The molecule has 0 saturated heterocycles. The van der Waals surface area contributed by atoms with Crippen LogP contribution in [0.4, 0.5) is 5.69 Å². The van der Waals surface area contributed by atoms with Crippen molar-refractivity contribution in [2.45, 2.75) is 12.5 Å². The minimum Gasteiger partial charge on any atom is -0.389 e. The van der Waals surface area contributed by atoms with Gasteiger partial charge in [0.2, 0.25) is 0 Å². The quantitative estimate of drug-likeness (QED) is 0.752. The van der Waals surface area contributed by atoms with Gasteiger partial charge in [-0.3, -0.25) is 4.79 Å². The van der Waals surface area contributed by atoms with Gasteiger partial charge in [-0.05, 0) is 29.8 Å². The second-order valence-corrected chi connectivity index (χ2v) is 6.15. The van der Waals surface area contributed by atoms with Gasteiger partial charge in [-0.1, -0.05) is 36.4 Å². The Morgan fingerprint density at radius 1 is 1.16 bits per heavy atom. The molecule has 1 atom stereocenters. The number of nitrogens with zero attached hydrogens (tertiary/aromatic N) is 2. The summed E-state index contributed by atoms with van der Waals surface area (Å²) in [6.07, 6.45) is 3.10. The van der Waals surface area contributed by atoms with Gasteiger partial charge in [-0.25, -0.2) is 4.98 Å². The van der Waals surface area contributed by atoms with E-state index in [0.29, 0.717) is 16.7 Å². The number of hydrogen-bond acceptors (Lipinski definition) is 4. The molecule has 2 N–H and O–H groups in total. The van der Waals surface area contributed by atoms with E-state index in [1.165, 1.54) is 0 Å². The highest BCUT2D eigenvalue weighted by Crippen LogP contribution is 2.14. The van der Waals surface area contributed by atoms with E-state index in [-0.39, 0.29) is 12.0 Å². The van der Waals surface area contributed by atoms with Gasteiger partial charge in [-0.2, -0.15) is 0 Å². The number of benzene rings is 2. The molecule has 0 aliphatic heterocycles. The zero-order valence-electron chi connectivity index (χ0n) is 14.3. The van der Waals surface area contributed by atoms with Gasteiger partial charge in [0.25, 0.3) is 5.56 Å². The molecule has 0 fully saturated rings. The molecule has 0 aliphatic carbocycles. The molecule has 0 saturated carbocycles. The van der Waals surface area contributed by atoms with E-state index < -0.39 is 6.10 Å². The zero-order chi connectivity index (χ0) is 17.8. The minimum atomic E-state index is -0.724. The van der Waals surface area contributed by atoms with E-state index in [9.17, 15) is 9.90 Å². The van der Waals surface area contributed by atoms with Crippen LogP contribution in [0.2, 0.25) is 0 Å². The Kier molecular flexibility index (Phi) is 4.95. The average molecular weight is 335 g/mol. The zero-order valence-corrected chi connectivity index (χ0v) is 14.3. The van der Waals surface area contributed by atoms with Crippen molar-refractivity contribution < 1.29 is 5.11 Å². The van der Waals surface area contributed by atoms with E-state index >= 15 is 0 Å². The summed E-state index contributed by atoms with van der Waals surface area (Å²) in [5.74, 6) is 0.476. The fourth-order valence-corrected chi connectivity index (χ4v) is 2.60. The molecule has 0 bridgehead atoms. The van der Waals surface area contributed by atoms with Crippen molar-refractivity contribution in [2.75, 3.05) is 19.0 Å². The third-order valence-corrected chi connectivity index (χ3v) is 3.98. The third-order valence-electron chi connectivity index (χ3n) is 3.98. The predicted molar refractivity (Wildman–Crippen MR) is 102 cm³/mol. The van der Waals surface area contributed by atoms with Crippen LogP contribution >= 0.6 is 0 Å². The fourth-order valence-electron chi connectivity index (χ4n) is 2.60. The van der Waals surface area contributed by atoms with Crippen molar-refractivity contribution in [3.8, 4) is 0 Å². The van der Waals surface area contributed by atoms with Crippen LogP contribution in [0, 0.1) is 0 Å². The van der Waals surface area contributed by atoms with Crippen LogP contribution in [0.15, 0.2) is 59.4 Å². The molecule has 1 unspecified atom stereocenters. The van der Waals surface area contributed by atoms with E-state index in [0.717, 1.165) is 11.3 Å². The first-order chi connectivity index (χ1) is 12.0. The van der Waals surface area contributed by atoms with E-state index in [2.05, 4.69) is 9.97 Å². The Bertz CT molecular complexity index is 943. The Hall–Kier alpha value is -2.92. The molecule has 2 aromatic carbocycles. The number of aromatic nitrogens is 2. The number of anilines is 1. The molecular formula is C20H21N3O2. The highest BCUT2D eigenvalue weighted by atomic mass is 16.3. The summed E-state index contributed by atoms with van der Waals surface area (Å²) >= 11 is 0. The Morgan fingerprint density at radius 2 is 1.88 bits per heavy atom. The summed E-state index contributed by atoms with van der Waals surface area (Å²) < 4.78 is 0. The van der Waals surface area contributed by atoms with Crippen LogP contribution in [-0.2, 0) is 6.42 Å².